The molecule has 0 radical (unpaired) electrons. The number of rotatable bonds is 7. The van der Waals surface area contributed by atoms with E-state index in [2.05, 4.69) is 31.6 Å². The second-order valence-electron chi connectivity index (χ2n) is 13.2. The highest BCUT2D eigenvalue weighted by molar-refractivity contribution is 7.89. The minimum absolute atomic E-state index is 0.0113. The van der Waals surface area contributed by atoms with Crippen LogP contribution < -0.4 is 16.0 Å². The summed E-state index contributed by atoms with van der Waals surface area (Å²) in [7, 11) is -3.78. The molecule has 0 saturated heterocycles. The van der Waals surface area contributed by atoms with Crippen molar-refractivity contribution in [2.24, 2.45) is 51.5 Å². The Balaban J connectivity index is 1.21. The van der Waals surface area contributed by atoms with Gasteiger partial charge in [-0.2, -0.15) is 0 Å². The van der Waals surface area contributed by atoms with E-state index in [-0.39, 0.29) is 75.5 Å². The van der Waals surface area contributed by atoms with Gasteiger partial charge in [-0.25, -0.2) is 13.6 Å². The molecule has 1 amide bonds. The van der Waals surface area contributed by atoms with Crippen LogP contribution in [0.5, 0.6) is 0 Å². The number of Topliss-reactive ketones (excluding diaryl/α,β-unsaturated/α-hetero) is 3. The molecule has 1 aromatic carbocycles. The maximum atomic E-state index is 13.9. The molecule has 8 atom stereocenters. The van der Waals surface area contributed by atoms with Crippen molar-refractivity contribution >= 4 is 39.0 Å². The number of hydrogen-bond acceptors (Lipinski definition) is 7. The standard InChI is InChI=1S/C30H41N3O6S/c1-17(4-11-27(37)33-32-19-5-7-21(8-6-19)40(31,38)39)22-9-10-23-28-24(16-26(36)30(22,23)3)29(2)13-12-20(34)14-18(29)15-25(28)35/h5-8,17-18,22-24,28,32H,4,9-16H2,1-3H3,(H,33,37)(H2,31,38,39)/t17-,18+,22-,23+,24+,28+,29+,30-/m1/s1. The lowest BCUT2D eigenvalue weighted by Crippen LogP contribution is -2.60. The van der Waals surface area contributed by atoms with Crippen LogP contribution in [0.1, 0.15) is 78.6 Å². The summed E-state index contributed by atoms with van der Waals surface area (Å²) >= 11 is 0. The second kappa shape index (κ2) is 10.4. The number of carbonyl (C=O) groups excluding carboxylic acids is 4. The number of anilines is 1. The zero-order valence-electron chi connectivity index (χ0n) is 23.6. The van der Waals surface area contributed by atoms with Crippen molar-refractivity contribution in [2.75, 3.05) is 5.43 Å². The number of fused-ring (bicyclic) bond motifs is 5. The maximum absolute atomic E-state index is 13.9. The zero-order valence-corrected chi connectivity index (χ0v) is 24.4. The molecule has 5 rings (SSSR count). The lowest BCUT2D eigenvalue weighted by Gasteiger charge is -2.58. The van der Waals surface area contributed by atoms with Crippen molar-refractivity contribution in [3.63, 3.8) is 0 Å². The second-order valence-corrected chi connectivity index (χ2v) is 14.8. The molecule has 4 aliphatic carbocycles. The van der Waals surface area contributed by atoms with Gasteiger partial charge >= 0.3 is 0 Å². The maximum Gasteiger partial charge on any atom is 0.238 e. The van der Waals surface area contributed by atoms with Crippen LogP contribution in [0.3, 0.4) is 0 Å². The summed E-state index contributed by atoms with van der Waals surface area (Å²) in [5.74, 6) is 0.813. The third-order valence-electron chi connectivity index (χ3n) is 11.3. The van der Waals surface area contributed by atoms with E-state index in [1.54, 1.807) is 0 Å². The van der Waals surface area contributed by atoms with Gasteiger partial charge in [0.25, 0.3) is 0 Å². The molecule has 4 aliphatic rings. The van der Waals surface area contributed by atoms with Gasteiger partial charge in [0.15, 0.2) is 0 Å². The van der Waals surface area contributed by atoms with Crippen LogP contribution in [-0.2, 0) is 29.2 Å². The van der Waals surface area contributed by atoms with Gasteiger partial charge in [0.1, 0.15) is 17.3 Å². The van der Waals surface area contributed by atoms with Crippen LogP contribution in [0.25, 0.3) is 0 Å². The first kappa shape index (κ1) is 28.9. The van der Waals surface area contributed by atoms with E-state index < -0.39 is 15.4 Å². The number of primary sulfonamides is 1. The average molecular weight is 572 g/mol. The van der Waals surface area contributed by atoms with E-state index in [0.717, 1.165) is 19.3 Å². The fourth-order valence-corrected chi connectivity index (χ4v) is 9.40. The summed E-state index contributed by atoms with van der Waals surface area (Å²) in [5, 5.41) is 5.12. The van der Waals surface area contributed by atoms with Crippen molar-refractivity contribution < 1.29 is 27.6 Å². The molecule has 4 fully saturated rings. The first-order chi connectivity index (χ1) is 18.7. The lowest BCUT2D eigenvalue weighted by atomic mass is 9.44. The summed E-state index contributed by atoms with van der Waals surface area (Å²) in [6.07, 6.45) is 5.30. The number of nitrogens with two attached hydrogens (primary N) is 1. The molecule has 0 aliphatic heterocycles. The largest absolute Gasteiger partial charge is 0.300 e. The molecular weight excluding hydrogens is 530 g/mol. The molecule has 4 saturated carbocycles. The third-order valence-corrected chi connectivity index (χ3v) is 12.2. The number of nitrogens with one attached hydrogen (secondary N) is 2. The molecular formula is C30H41N3O6S. The molecule has 1 aromatic rings. The number of amides is 1. The first-order valence-corrected chi connectivity index (χ1v) is 16.0. The van der Waals surface area contributed by atoms with Crippen LogP contribution >= 0.6 is 0 Å². The predicted octanol–water partition coefficient (Wildman–Crippen LogP) is 3.78. The van der Waals surface area contributed by atoms with Crippen molar-refractivity contribution in [3.8, 4) is 0 Å². The Morgan fingerprint density at radius 1 is 1.05 bits per heavy atom. The Kier molecular flexibility index (Phi) is 7.48. The van der Waals surface area contributed by atoms with Crippen LogP contribution in [0, 0.1) is 46.3 Å². The number of hydrazine groups is 1. The van der Waals surface area contributed by atoms with Crippen LogP contribution in [0.15, 0.2) is 29.2 Å². The number of sulfonamides is 1. The number of carbonyl (C=O) groups is 4. The topological polar surface area (TPSA) is 152 Å². The van der Waals surface area contributed by atoms with Crippen molar-refractivity contribution in [3.05, 3.63) is 24.3 Å². The molecule has 10 heteroatoms. The monoisotopic (exact) mass is 571 g/mol. The fraction of sp³-hybridized carbons (Fsp3) is 0.667. The molecule has 0 spiro atoms. The van der Waals surface area contributed by atoms with E-state index in [0.29, 0.717) is 37.8 Å². The van der Waals surface area contributed by atoms with Gasteiger partial charge in [-0.1, -0.05) is 20.8 Å². The van der Waals surface area contributed by atoms with E-state index in [1.165, 1.54) is 24.3 Å². The van der Waals surface area contributed by atoms with Gasteiger partial charge in [0, 0.05) is 43.4 Å². The fourth-order valence-electron chi connectivity index (χ4n) is 8.88. The van der Waals surface area contributed by atoms with Crippen LogP contribution in [-0.4, -0.2) is 31.7 Å². The van der Waals surface area contributed by atoms with E-state index in [4.69, 9.17) is 5.14 Å². The minimum Gasteiger partial charge on any atom is -0.300 e. The SMILES string of the molecule is C[C@H](CCC(=O)NNc1ccc(S(N)(=O)=O)cc1)[C@H]1CC[C@H]2[C@@H]3C(=O)C[C@@H]4CC(=O)CC[C@]4(C)[C@H]3CC(=O)[C@]12C. The van der Waals surface area contributed by atoms with Crippen molar-refractivity contribution in [1.29, 1.82) is 0 Å². The van der Waals surface area contributed by atoms with E-state index >= 15 is 0 Å². The molecule has 0 unspecified atom stereocenters. The van der Waals surface area contributed by atoms with Gasteiger partial charge < -0.3 is 0 Å². The van der Waals surface area contributed by atoms with Crippen molar-refractivity contribution in [1.82, 2.24) is 5.43 Å². The molecule has 40 heavy (non-hydrogen) atoms. The van der Waals surface area contributed by atoms with Gasteiger partial charge in [-0.05, 0) is 85.0 Å². The van der Waals surface area contributed by atoms with Crippen LogP contribution in [0.4, 0.5) is 5.69 Å². The Hall–Kier alpha value is -2.59. The quantitative estimate of drug-likeness (QED) is 0.421. The van der Waals surface area contributed by atoms with Gasteiger partial charge in [-0.3, -0.25) is 30.0 Å². The summed E-state index contributed by atoms with van der Waals surface area (Å²) in [5.41, 5.74) is 5.27. The molecule has 0 bridgehead atoms. The molecule has 0 aromatic heterocycles. The predicted molar refractivity (Wildman–Crippen MR) is 149 cm³/mol. The molecule has 0 heterocycles. The summed E-state index contributed by atoms with van der Waals surface area (Å²) in [4.78, 5) is 52.2. The highest BCUT2D eigenvalue weighted by Crippen LogP contribution is 2.66. The third kappa shape index (κ3) is 4.91. The van der Waals surface area contributed by atoms with E-state index in [9.17, 15) is 27.6 Å². The Morgan fingerprint density at radius 2 is 1.75 bits per heavy atom. The molecule has 218 valence electrons. The number of ketones is 3. The van der Waals surface area contributed by atoms with Crippen LogP contribution in [0.2, 0.25) is 0 Å². The zero-order chi connectivity index (χ0) is 29.0. The van der Waals surface area contributed by atoms with Gasteiger partial charge in [-0.15, -0.1) is 0 Å². The van der Waals surface area contributed by atoms with E-state index in [1.807, 2.05) is 0 Å². The average Bonchev–Trinajstić information content (AvgIpc) is 3.26. The molecule has 4 N–H and O–H groups in total. The Labute approximate surface area is 236 Å². The highest BCUT2D eigenvalue weighted by Gasteiger charge is 2.66. The molecule has 9 nitrogen and oxygen atoms in total. The summed E-state index contributed by atoms with van der Waals surface area (Å²) in [6.45, 7) is 6.40. The lowest BCUT2D eigenvalue weighted by molar-refractivity contribution is -0.166. The smallest absolute Gasteiger partial charge is 0.238 e. The normalized spacial score (nSPS) is 36.3. The summed E-state index contributed by atoms with van der Waals surface area (Å²) in [6, 6.07) is 5.76. The van der Waals surface area contributed by atoms with Gasteiger partial charge in [0.05, 0.1) is 10.6 Å². The van der Waals surface area contributed by atoms with Gasteiger partial charge in [0.2, 0.25) is 15.9 Å². The number of benzene rings is 1. The summed E-state index contributed by atoms with van der Waals surface area (Å²) < 4.78 is 22.8. The number of hydrogen-bond donors (Lipinski definition) is 3. The van der Waals surface area contributed by atoms with Crippen molar-refractivity contribution in [2.45, 2.75) is 83.5 Å². The Morgan fingerprint density at radius 3 is 2.42 bits per heavy atom. The first-order valence-electron chi connectivity index (χ1n) is 14.5. The minimum atomic E-state index is -3.78. The highest BCUT2D eigenvalue weighted by atomic mass is 32.2. The Bertz CT molecular complexity index is 1330.